The number of rotatable bonds is 7. The summed E-state index contributed by atoms with van der Waals surface area (Å²) in [5.74, 6) is -6.79. The molecule has 0 atom stereocenters. The van der Waals surface area contributed by atoms with E-state index < -0.39 is 36.4 Å². The molecule has 0 aliphatic rings. The second-order valence-corrected chi connectivity index (χ2v) is 7.25. The number of nitrogen functional groups attached to an aromatic ring is 1. The van der Waals surface area contributed by atoms with Gasteiger partial charge in [-0.3, -0.25) is 4.68 Å². The van der Waals surface area contributed by atoms with E-state index in [1.165, 1.54) is 0 Å². The number of alkyl halides is 9. The normalized spacial score (nSPS) is 11.2. The first-order chi connectivity index (χ1) is 18.5. The Kier molecular flexibility index (Phi) is 16.1. The number of aromatic nitrogens is 4. The van der Waals surface area contributed by atoms with E-state index in [1.54, 1.807) is 4.68 Å². The average Bonchev–Trinajstić information content (AvgIpc) is 3.37. The number of halogens is 9. The Hall–Kier alpha value is -4.08. The van der Waals surface area contributed by atoms with E-state index in [0.717, 1.165) is 37.3 Å². The smallest absolute Gasteiger partial charge is 0.490 e. The van der Waals surface area contributed by atoms with Crippen molar-refractivity contribution in [1.29, 1.82) is 0 Å². The topological polar surface area (TPSA) is 219 Å². The number of nitrogens with two attached hydrogens (primary N) is 3. The Morgan fingerprint density at radius 2 is 1.34 bits per heavy atom. The Balaban J connectivity index is 0. The molecule has 13 nitrogen and oxygen atoms in total. The molecule has 0 amide bonds. The van der Waals surface area contributed by atoms with E-state index in [9.17, 15) is 39.5 Å². The average molecular weight is 619 g/mol. The number of carboxylic acids is 3. The highest BCUT2D eigenvalue weighted by atomic mass is 19.4. The van der Waals surface area contributed by atoms with Crippen molar-refractivity contribution in [3.63, 3.8) is 0 Å². The summed E-state index contributed by atoms with van der Waals surface area (Å²) in [5.41, 5.74) is 18.3. The molecule has 0 radical (unpaired) electrons. The first-order valence-electron chi connectivity index (χ1n) is 10.7. The van der Waals surface area contributed by atoms with Gasteiger partial charge in [0.2, 0.25) is 0 Å². The molecule has 236 valence electrons. The third kappa shape index (κ3) is 15.3. The van der Waals surface area contributed by atoms with E-state index in [0.29, 0.717) is 18.9 Å². The monoisotopic (exact) mass is 619 g/mol. The van der Waals surface area contributed by atoms with Crippen molar-refractivity contribution in [2.24, 2.45) is 18.5 Å². The van der Waals surface area contributed by atoms with Crippen LogP contribution in [0, 0.1) is 0 Å². The van der Waals surface area contributed by atoms with Gasteiger partial charge in [-0.05, 0) is 25.9 Å². The molecule has 22 heteroatoms. The van der Waals surface area contributed by atoms with Gasteiger partial charge in [-0.15, -0.1) is 0 Å². The van der Waals surface area contributed by atoms with Crippen LogP contribution in [0.3, 0.4) is 0 Å². The zero-order valence-electron chi connectivity index (χ0n) is 20.9. The van der Waals surface area contributed by atoms with E-state index in [-0.39, 0.29) is 0 Å². The number of aliphatic carboxylic acids is 3. The number of hydrogen-bond donors (Lipinski definition) is 5. The van der Waals surface area contributed by atoms with Gasteiger partial charge in [0.15, 0.2) is 0 Å². The molecular weight excluding hydrogens is 593 g/mol. The fourth-order valence-corrected chi connectivity index (χ4v) is 2.28. The summed E-state index contributed by atoms with van der Waals surface area (Å²) in [6.45, 7) is 3.08. The second kappa shape index (κ2) is 16.9. The van der Waals surface area contributed by atoms with Crippen LogP contribution < -0.4 is 26.9 Å². The van der Waals surface area contributed by atoms with Gasteiger partial charge in [0.25, 0.3) is 5.82 Å². The van der Waals surface area contributed by atoms with Crippen molar-refractivity contribution in [2.75, 3.05) is 18.8 Å². The van der Waals surface area contributed by atoms with Crippen LogP contribution in [0.1, 0.15) is 12.8 Å². The predicted molar refractivity (Wildman–Crippen MR) is 117 cm³/mol. The molecule has 0 spiro atoms. The quantitative estimate of drug-likeness (QED) is 0.207. The number of anilines is 1. The largest absolute Gasteiger partial charge is 0.542 e. The fraction of sp³-hybridized carbons (Fsp3) is 0.526. The molecule has 0 fully saturated rings. The minimum Gasteiger partial charge on any atom is -0.542 e. The van der Waals surface area contributed by atoms with E-state index in [4.69, 9.17) is 46.9 Å². The summed E-state index contributed by atoms with van der Waals surface area (Å²) in [6.07, 6.45) is -7.57. The molecule has 41 heavy (non-hydrogen) atoms. The lowest BCUT2D eigenvalue weighted by Crippen LogP contribution is -2.37. The van der Waals surface area contributed by atoms with Crippen molar-refractivity contribution < 1.29 is 73.8 Å². The first-order valence-corrected chi connectivity index (χ1v) is 10.7. The maximum Gasteiger partial charge on any atom is 0.490 e. The van der Waals surface area contributed by atoms with Gasteiger partial charge < -0.3 is 37.3 Å². The van der Waals surface area contributed by atoms with Gasteiger partial charge >= 0.3 is 30.5 Å². The fourth-order valence-electron chi connectivity index (χ4n) is 2.28. The first kappa shape index (κ1) is 39.1. The molecule has 0 bridgehead atoms. The summed E-state index contributed by atoms with van der Waals surface area (Å²) in [5, 5.41) is 27.3. The van der Waals surface area contributed by atoms with Gasteiger partial charge in [-0.2, -0.15) is 44.6 Å². The second-order valence-electron chi connectivity index (χ2n) is 7.25. The van der Waals surface area contributed by atoms with Crippen LogP contribution >= 0.6 is 0 Å². The SMILES string of the molecule is Cn1ncc(-c2n(CCCN)cc[n+]2CCCN)c1N.O=C(O)C(F)(F)F.O=C(O)C(F)(F)F.O=C([O-])C(F)(F)F. The van der Waals surface area contributed by atoms with Gasteiger partial charge in [-0.1, -0.05) is 0 Å². The van der Waals surface area contributed by atoms with E-state index in [1.807, 2.05) is 13.2 Å². The Bertz CT molecular complexity index is 1030. The number of aryl methyl sites for hydroxylation is 3. The zero-order valence-corrected chi connectivity index (χ0v) is 20.9. The van der Waals surface area contributed by atoms with Crippen LogP contribution in [0.25, 0.3) is 11.4 Å². The highest BCUT2D eigenvalue weighted by Crippen LogP contribution is 2.23. The Morgan fingerprint density at radius 1 is 0.927 bits per heavy atom. The number of nitrogens with zero attached hydrogens (tertiary/aromatic N) is 4. The minimum absolute atomic E-state index is 0.666. The highest BCUT2D eigenvalue weighted by molar-refractivity contribution is 5.73. The van der Waals surface area contributed by atoms with Crippen LogP contribution in [0.4, 0.5) is 45.3 Å². The van der Waals surface area contributed by atoms with Gasteiger partial charge in [-0.25, -0.2) is 18.7 Å². The third-order valence-electron chi connectivity index (χ3n) is 4.12. The zero-order chi connectivity index (χ0) is 32.8. The molecule has 0 aromatic carbocycles. The van der Waals surface area contributed by atoms with Crippen molar-refractivity contribution in [3.05, 3.63) is 18.6 Å². The van der Waals surface area contributed by atoms with Crippen LogP contribution in [0.15, 0.2) is 18.6 Å². The van der Waals surface area contributed by atoms with Crippen molar-refractivity contribution >= 4 is 23.7 Å². The maximum atomic E-state index is 10.6. The summed E-state index contributed by atoms with van der Waals surface area (Å²) in [6, 6.07) is 0. The van der Waals surface area contributed by atoms with Crippen molar-refractivity contribution in [2.45, 2.75) is 44.5 Å². The molecular formula is C19H26F9N7O6. The number of imidazole rings is 1. The van der Waals surface area contributed by atoms with Crippen molar-refractivity contribution in [3.8, 4) is 11.4 Å². The lowest BCUT2D eigenvalue weighted by atomic mass is 10.3. The molecule has 2 aromatic heterocycles. The molecule has 0 saturated carbocycles. The van der Waals surface area contributed by atoms with Crippen molar-refractivity contribution in [1.82, 2.24) is 14.3 Å². The van der Waals surface area contributed by atoms with Crippen LogP contribution in [-0.4, -0.2) is 74.1 Å². The number of carbonyl (C=O) groups excluding carboxylic acids is 1. The summed E-state index contributed by atoms with van der Waals surface area (Å²) < 4.78 is 101. The number of carboxylic acid groups (broad SMARTS) is 3. The molecule has 2 aromatic rings. The van der Waals surface area contributed by atoms with Crippen LogP contribution in [0.2, 0.25) is 0 Å². The molecule has 2 heterocycles. The Labute approximate surface area is 224 Å². The molecule has 0 aliphatic heterocycles. The highest BCUT2D eigenvalue weighted by Gasteiger charge is 2.39. The van der Waals surface area contributed by atoms with E-state index >= 15 is 0 Å². The third-order valence-corrected chi connectivity index (χ3v) is 4.12. The van der Waals surface area contributed by atoms with Gasteiger partial charge in [0.05, 0.1) is 19.3 Å². The lowest BCUT2D eigenvalue weighted by molar-refractivity contribution is -0.685. The minimum atomic E-state index is -5.19. The van der Waals surface area contributed by atoms with Gasteiger partial charge in [0, 0.05) is 7.05 Å². The summed E-state index contributed by atoms with van der Waals surface area (Å²) >= 11 is 0. The molecule has 8 N–H and O–H groups in total. The van der Waals surface area contributed by atoms with Gasteiger partial charge in [0.1, 0.15) is 29.7 Å². The van der Waals surface area contributed by atoms with Crippen LogP contribution in [0.5, 0.6) is 0 Å². The summed E-state index contributed by atoms with van der Waals surface area (Å²) in [4.78, 5) is 26.6. The molecule has 0 unspecified atom stereocenters. The summed E-state index contributed by atoms with van der Waals surface area (Å²) in [7, 11) is 1.84. The lowest BCUT2D eigenvalue weighted by Gasteiger charge is -2.04. The van der Waals surface area contributed by atoms with E-state index in [2.05, 4.69) is 26.6 Å². The number of carbonyl (C=O) groups is 3. The predicted octanol–water partition coefficient (Wildman–Crippen LogP) is 0.0211. The Morgan fingerprint density at radius 3 is 1.63 bits per heavy atom. The standard InChI is InChI=1S/C13H23N7.3C2HF3O2/c1-18-12(16)11(10-17-18)13-19(6-2-4-14)8-9-20(13)7-3-5-15;3*3-2(4,5)1(6)7/h8-10,16H,2-7,14-15H2,1H3;3*(H,6,7). The number of hydrogen-bond acceptors (Lipinski definition) is 8. The maximum absolute atomic E-state index is 10.6. The van der Waals surface area contributed by atoms with Crippen LogP contribution in [-0.2, 0) is 34.5 Å². The molecule has 0 saturated heterocycles. The molecule has 2 rings (SSSR count). The molecule has 0 aliphatic carbocycles.